The van der Waals surface area contributed by atoms with E-state index in [1.807, 2.05) is 6.07 Å². The predicted octanol–water partition coefficient (Wildman–Crippen LogP) is 5.85. The molecule has 0 N–H and O–H groups in total. The zero-order valence-corrected chi connectivity index (χ0v) is 13.4. The second-order valence-corrected chi connectivity index (χ2v) is 5.94. The van der Waals surface area contributed by atoms with Crippen LogP contribution in [0.3, 0.4) is 0 Å². The zero-order chi connectivity index (χ0) is 15.5. The van der Waals surface area contributed by atoms with Crippen LogP contribution in [0.5, 0.6) is 0 Å². The van der Waals surface area contributed by atoms with Crippen molar-refractivity contribution in [3.05, 3.63) is 78.0 Å². The molecule has 0 saturated carbocycles. The Balaban J connectivity index is 2.07. The number of aryl methyl sites for hydroxylation is 1. The number of rotatable bonds is 3. The second-order valence-electron chi connectivity index (χ2n) is 5.94. The van der Waals surface area contributed by atoms with Gasteiger partial charge in [-0.1, -0.05) is 74.5 Å². The Hall–Kier alpha value is -2.41. The molecule has 0 spiro atoms. The molecule has 0 unspecified atom stereocenters. The van der Waals surface area contributed by atoms with E-state index >= 15 is 0 Å². The lowest BCUT2D eigenvalue weighted by Crippen LogP contribution is -1.96. The smallest absolute Gasteiger partial charge is 0.0708 e. The molecule has 110 valence electrons. The molecule has 0 amide bonds. The SMILES string of the molecule is Cc1nc(-c2ccccc2C(C)C)ccc1-c1ccccc1. The van der Waals surface area contributed by atoms with Crippen LogP contribution in [-0.4, -0.2) is 4.98 Å². The van der Waals surface area contributed by atoms with E-state index in [1.54, 1.807) is 0 Å². The molecule has 0 aliphatic rings. The number of hydrogen-bond acceptors (Lipinski definition) is 1. The van der Waals surface area contributed by atoms with Crippen LogP contribution in [-0.2, 0) is 0 Å². The fraction of sp³-hybridized carbons (Fsp3) is 0.190. The molecule has 1 heterocycles. The molecular weight excluding hydrogens is 266 g/mol. The quantitative estimate of drug-likeness (QED) is 0.589. The average molecular weight is 287 g/mol. The summed E-state index contributed by atoms with van der Waals surface area (Å²) in [6.07, 6.45) is 0. The van der Waals surface area contributed by atoms with Crippen molar-refractivity contribution < 1.29 is 0 Å². The van der Waals surface area contributed by atoms with Crippen molar-refractivity contribution in [3.8, 4) is 22.4 Å². The van der Waals surface area contributed by atoms with Crippen LogP contribution in [0.25, 0.3) is 22.4 Å². The molecule has 3 rings (SSSR count). The second kappa shape index (κ2) is 6.15. The van der Waals surface area contributed by atoms with Gasteiger partial charge in [0, 0.05) is 16.8 Å². The highest BCUT2D eigenvalue weighted by Gasteiger charge is 2.11. The minimum atomic E-state index is 0.493. The van der Waals surface area contributed by atoms with Crippen molar-refractivity contribution in [1.29, 1.82) is 0 Å². The Bertz CT molecular complexity index is 773. The molecule has 1 heteroatoms. The third-order valence-corrected chi connectivity index (χ3v) is 4.03. The van der Waals surface area contributed by atoms with Crippen LogP contribution in [0.15, 0.2) is 66.7 Å². The predicted molar refractivity (Wildman–Crippen MR) is 93.9 cm³/mol. The lowest BCUT2D eigenvalue weighted by Gasteiger charge is -2.14. The van der Waals surface area contributed by atoms with Crippen LogP contribution in [0.4, 0.5) is 0 Å². The summed E-state index contributed by atoms with van der Waals surface area (Å²) < 4.78 is 0. The van der Waals surface area contributed by atoms with Gasteiger partial charge < -0.3 is 0 Å². The van der Waals surface area contributed by atoms with Crippen molar-refractivity contribution in [2.24, 2.45) is 0 Å². The molecule has 1 aromatic heterocycles. The molecule has 3 aromatic rings. The van der Waals surface area contributed by atoms with Gasteiger partial charge in [-0.25, -0.2) is 0 Å². The Morgan fingerprint density at radius 1 is 0.727 bits per heavy atom. The van der Waals surface area contributed by atoms with Crippen molar-refractivity contribution in [2.45, 2.75) is 26.7 Å². The van der Waals surface area contributed by atoms with E-state index in [9.17, 15) is 0 Å². The summed E-state index contributed by atoms with van der Waals surface area (Å²) in [7, 11) is 0. The molecule has 0 aliphatic heterocycles. The largest absolute Gasteiger partial charge is 0.252 e. The topological polar surface area (TPSA) is 12.9 Å². The van der Waals surface area contributed by atoms with Crippen molar-refractivity contribution in [2.75, 3.05) is 0 Å². The van der Waals surface area contributed by atoms with Crippen molar-refractivity contribution >= 4 is 0 Å². The highest BCUT2D eigenvalue weighted by atomic mass is 14.7. The monoisotopic (exact) mass is 287 g/mol. The van der Waals surface area contributed by atoms with Gasteiger partial charge >= 0.3 is 0 Å². The molecule has 22 heavy (non-hydrogen) atoms. The normalized spacial score (nSPS) is 10.9. The van der Waals surface area contributed by atoms with E-state index in [-0.39, 0.29) is 0 Å². The Kier molecular flexibility index (Phi) is 4.06. The standard InChI is InChI=1S/C21H21N/c1-15(2)18-11-7-8-12-20(18)21-14-13-19(16(3)22-21)17-9-5-4-6-10-17/h4-15H,1-3H3. The van der Waals surface area contributed by atoms with Gasteiger partial charge in [0.05, 0.1) is 5.69 Å². The molecule has 0 radical (unpaired) electrons. The minimum Gasteiger partial charge on any atom is -0.252 e. The first-order chi connectivity index (χ1) is 10.7. The molecule has 1 nitrogen and oxygen atoms in total. The van der Waals surface area contributed by atoms with E-state index in [4.69, 9.17) is 4.98 Å². The molecule has 0 atom stereocenters. The Labute approximate surface area is 132 Å². The molecule has 0 saturated heterocycles. The van der Waals surface area contributed by atoms with Gasteiger partial charge in [0.2, 0.25) is 0 Å². The minimum absolute atomic E-state index is 0.493. The molecular formula is C21H21N. The summed E-state index contributed by atoms with van der Waals surface area (Å²) in [5, 5.41) is 0. The number of pyridine rings is 1. The number of nitrogens with zero attached hydrogens (tertiary/aromatic N) is 1. The Morgan fingerprint density at radius 2 is 1.41 bits per heavy atom. The summed E-state index contributed by atoms with van der Waals surface area (Å²) in [6, 6.07) is 23.3. The number of hydrogen-bond donors (Lipinski definition) is 0. The number of aromatic nitrogens is 1. The number of benzene rings is 2. The van der Waals surface area contributed by atoms with Crippen LogP contribution >= 0.6 is 0 Å². The van der Waals surface area contributed by atoms with Crippen molar-refractivity contribution in [1.82, 2.24) is 4.98 Å². The van der Waals surface area contributed by atoms with E-state index < -0.39 is 0 Å². The third-order valence-electron chi connectivity index (χ3n) is 4.03. The molecule has 2 aromatic carbocycles. The van der Waals surface area contributed by atoms with Gasteiger partial charge in [-0.05, 0) is 30.0 Å². The lowest BCUT2D eigenvalue weighted by molar-refractivity contribution is 0.868. The van der Waals surface area contributed by atoms with Crippen molar-refractivity contribution in [3.63, 3.8) is 0 Å². The van der Waals surface area contributed by atoms with Gasteiger partial charge in [0.25, 0.3) is 0 Å². The maximum Gasteiger partial charge on any atom is 0.0708 e. The molecule has 0 bridgehead atoms. The summed E-state index contributed by atoms with van der Waals surface area (Å²) in [5.41, 5.74) is 7.13. The Morgan fingerprint density at radius 3 is 2.09 bits per heavy atom. The summed E-state index contributed by atoms with van der Waals surface area (Å²) in [4.78, 5) is 4.86. The highest BCUT2D eigenvalue weighted by molar-refractivity contribution is 5.71. The molecule has 0 aliphatic carbocycles. The van der Waals surface area contributed by atoms with Gasteiger partial charge in [0.15, 0.2) is 0 Å². The lowest BCUT2D eigenvalue weighted by atomic mass is 9.94. The van der Waals surface area contributed by atoms with Crippen LogP contribution < -0.4 is 0 Å². The van der Waals surface area contributed by atoms with E-state index in [1.165, 1.54) is 22.3 Å². The van der Waals surface area contributed by atoms with E-state index in [0.717, 1.165) is 11.4 Å². The maximum atomic E-state index is 4.86. The van der Waals surface area contributed by atoms with Crippen LogP contribution in [0.2, 0.25) is 0 Å². The maximum absolute atomic E-state index is 4.86. The average Bonchev–Trinajstić information content (AvgIpc) is 2.55. The van der Waals surface area contributed by atoms with Gasteiger partial charge in [-0.2, -0.15) is 0 Å². The zero-order valence-electron chi connectivity index (χ0n) is 13.4. The summed E-state index contributed by atoms with van der Waals surface area (Å²) in [6.45, 7) is 6.54. The van der Waals surface area contributed by atoms with Gasteiger partial charge in [-0.3, -0.25) is 4.98 Å². The van der Waals surface area contributed by atoms with Crippen LogP contribution in [0.1, 0.15) is 31.0 Å². The van der Waals surface area contributed by atoms with E-state index in [2.05, 4.69) is 81.4 Å². The summed E-state index contributed by atoms with van der Waals surface area (Å²) in [5.74, 6) is 0.493. The fourth-order valence-electron chi connectivity index (χ4n) is 2.87. The van der Waals surface area contributed by atoms with Gasteiger partial charge in [-0.15, -0.1) is 0 Å². The third kappa shape index (κ3) is 2.80. The fourth-order valence-corrected chi connectivity index (χ4v) is 2.87. The first-order valence-corrected chi connectivity index (χ1v) is 7.79. The molecule has 0 fully saturated rings. The first kappa shape index (κ1) is 14.5. The highest BCUT2D eigenvalue weighted by Crippen LogP contribution is 2.30. The van der Waals surface area contributed by atoms with E-state index in [0.29, 0.717) is 5.92 Å². The van der Waals surface area contributed by atoms with Gasteiger partial charge in [0.1, 0.15) is 0 Å². The summed E-state index contributed by atoms with van der Waals surface area (Å²) >= 11 is 0. The first-order valence-electron chi connectivity index (χ1n) is 7.79. The van der Waals surface area contributed by atoms with Crippen LogP contribution in [0, 0.1) is 6.92 Å².